The van der Waals surface area contributed by atoms with Crippen molar-refractivity contribution >= 4 is 5.82 Å². The summed E-state index contributed by atoms with van der Waals surface area (Å²) in [5.41, 5.74) is 0. The lowest BCUT2D eigenvalue weighted by Gasteiger charge is -2.17. The van der Waals surface area contributed by atoms with Crippen LogP contribution in [0.5, 0.6) is 0 Å². The minimum absolute atomic E-state index is 0.920. The Hall–Kier alpha value is -1.16. The third-order valence-corrected chi connectivity index (χ3v) is 2.81. The lowest BCUT2D eigenvalue weighted by molar-refractivity contribution is 0.306. The molecule has 0 aliphatic rings. The average molecular weight is 236 g/mol. The molecule has 0 aliphatic carbocycles. The van der Waals surface area contributed by atoms with E-state index in [0.717, 1.165) is 50.7 Å². The third-order valence-electron chi connectivity index (χ3n) is 2.81. The van der Waals surface area contributed by atoms with Gasteiger partial charge >= 0.3 is 0 Å². The number of aromatic nitrogens is 2. The SMILES string of the molecule is CCCNc1ccnc(CCN(CC)CC)n1. The Morgan fingerprint density at radius 1 is 1.24 bits per heavy atom. The van der Waals surface area contributed by atoms with Gasteiger partial charge in [-0.2, -0.15) is 0 Å². The van der Waals surface area contributed by atoms with E-state index in [0.29, 0.717) is 0 Å². The highest BCUT2D eigenvalue weighted by molar-refractivity contribution is 5.32. The van der Waals surface area contributed by atoms with Gasteiger partial charge < -0.3 is 10.2 Å². The zero-order valence-electron chi connectivity index (χ0n) is 11.2. The van der Waals surface area contributed by atoms with Gasteiger partial charge in [0.05, 0.1) is 0 Å². The number of anilines is 1. The monoisotopic (exact) mass is 236 g/mol. The van der Waals surface area contributed by atoms with E-state index in [1.807, 2.05) is 12.3 Å². The molecule has 17 heavy (non-hydrogen) atoms. The molecule has 0 fully saturated rings. The van der Waals surface area contributed by atoms with Crippen LogP contribution < -0.4 is 5.32 Å². The van der Waals surface area contributed by atoms with Crippen molar-refractivity contribution in [2.24, 2.45) is 0 Å². The Balaban J connectivity index is 2.47. The van der Waals surface area contributed by atoms with Crippen LogP contribution in [0.3, 0.4) is 0 Å². The van der Waals surface area contributed by atoms with E-state index in [2.05, 4.69) is 41.0 Å². The lowest BCUT2D eigenvalue weighted by Crippen LogP contribution is -2.25. The van der Waals surface area contributed by atoms with Gasteiger partial charge in [0.2, 0.25) is 0 Å². The van der Waals surface area contributed by atoms with Crippen LogP contribution in [0.4, 0.5) is 5.82 Å². The minimum Gasteiger partial charge on any atom is -0.370 e. The summed E-state index contributed by atoms with van der Waals surface area (Å²) in [6.45, 7) is 10.7. The van der Waals surface area contributed by atoms with Gasteiger partial charge in [-0.15, -0.1) is 0 Å². The molecular formula is C13H24N4. The quantitative estimate of drug-likeness (QED) is 0.751. The van der Waals surface area contributed by atoms with Crippen LogP contribution in [0.1, 0.15) is 33.0 Å². The number of hydrogen-bond acceptors (Lipinski definition) is 4. The smallest absolute Gasteiger partial charge is 0.131 e. The maximum Gasteiger partial charge on any atom is 0.131 e. The number of hydrogen-bond donors (Lipinski definition) is 1. The Morgan fingerprint density at radius 3 is 2.65 bits per heavy atom. The van der Waals surface area contributed by atoms with E-state index >= 15 is 0 Å². The average Bonchev–Trinajstić information content (AvgIpc) is 2.38. The van der Waals surface area contributed by atoms with Crippen molar-refractivity contribution in [1.29, 1.82) is 0 Å². The van der Waals surface area contributed by atoms with Gasteiger partial charge in [0, 0.05) is 25.7 Å². The van der Waals surface area contributed by atoms with E-state index in [1.165, 1.54) is 0 Å². The molecule has 4 nitrogen and oxygen atoms in total. The van der Waals surface area contributed by atoms with E-state index in [4.69, 9.17) is 0 Å². The summed E-state index contributed by atoms with van der Waals surface area (Å²) in [5.74, 6) is 1.87. The molecule has 0 aromatic carbocycles. The molecule has 1 heterocycles. The molecule has 0 radical (unpaired) electrons. The third kappa shape index (κ3) is 5.13. The van der Waals surface area contributed by atoms with E-state index in [9.17, 15) is 0 Å². The number of nitrogens with one attached hydrogen (secondary N) is 1. The fraction of sp³-hybridized carbons (Fsp3) is 0.692. The second-order valence-electron chi connectivity index (χ2n) is 4.06. The first-order valence-electron chi connectivity index (χ1n) is 6.58. The predicted molar refractivity (Wildman–Crippen MR) is 72.3 cm³/mol. The van der Waals surface area contributed by atoms with Gasteiger partial charge in [0.25, 0.3) is 0 Å². The predicted octanol–water partition coefficient (Wildman–Crippen LogP) is 2.18. The lowest BCUT2D eigenvalue weighted by atomic mass is 10.3. The van der Waals surface area contributed by atoms with E-state index in [-0.39, 0.29) is 0 Å². The van der Waals surface area contributed by atoms with E-state index < -0.39 is 0 Å². The van der Waals surface area contributed by atoms with Crippen molar-refractivity contribution in [2.75, 3.05) is 31.5 Å². The standard InChI is InChI=1S/C13H24N4/c1-4-9-14-12-7-10-15-13(16-12)8-11-17(5-2)6-3/h7,10H,4-6,8-9,11H2,1-3H3,(H,14,15,16). The van der Waals surface area contributed by atoms with Crippen LogP contribution >= 0.6 is 0 Å². The molecule has 0 spiro atoms. The highest BCUT2D eigenvalue weighted by Crippen LogP contribution is 2.03. The summed E-state index contributed by atoms with van der Waals surface area (Å²) >= 11 is 0. The first-order valence-corrected chi connectivity index (χ1v) is 6.58. The Morgan fingerprint density at radius 2 is 2.00 bits per heavy atom. The second-order valence-corrected chi connectivity index (χ2v) is 4.06. The minimum atomic E-state index is 0.920. The van der Waals surface area contributed by atoms with Gasteiger partial charge in [-0.25, -0.2) is 9.97 Å². The van der Waals surface area contributed by atoms with Crippen molar-refractivity contribution in [3.63, 3.8) is 0 Å². The summed E-state index contributed by atoms with van der Waals surface area (Å²) in [6.07, 6.45) is 3.87. The molecule has 1 aromatic rings. The molecule has 0 amide bonds. The van der Waals surface area contributed by atoms with Crippen molar-refractivity contribution in [3.8, 4) is 0 Å². The van der Waals surface area contributed by atoms with Crippen molar-refractivity contribution in [2.45, 2.75) is 33.6 Å². The van der Waals surface area contributed by atoms with Crippen molar-refractivity contribution in [1.82, 2.24) is 14.9 Å². The Bertz CT molecular complexity index is 310. The molecular weight excluding hydrogens is 212 g/mol. The molecule has 4 heteroatoms. The molecule has 1 aromatic heterocycles. The maximum absolute atomic E-state index is 4.50. The highest BCUT2D eigenvalue weighted by atomic mass is 15.1. The molecule has 0 saturated heterocycles. The number of likely N-dealkylation sites (N-methyl/N-ethyl adjacent to an activating group) is 1. The zero-order valence-corrected chi connectivity index (χ0v) is 11.2. The van der Waals surface area contributed by atoms with Gasteiger partial charge in [0.15, 0.2) is 0 Å². The van der Waals surface area contributed by atoms with Gasteiger partial charge in [-0.3, -0.25) is 0 Å². The fourth-order valence-electron chi connectivity index (χ4n) is 1.67. The summed E-state index contributed by atoms with van der Waals surface area (Å²) in [5, 5.41) is 3.29. The highest BCUT2D eigenvalue weighted by Gasteiger charge is 2.02. The Kier molecular flexibility index (Phi) is 6.55. The second kappa shape index (κ2) is 8.01. The fourth-order valence-corrected chi connectivity index (χ4v) is 1.67. The zero-order chi connectivity index (χ0) is 12.5. The van der Waals surface area contributed by atoms with Crippen LogP contribution in [0.25, 0.3) is 0 Å². The molecule has 1 rings (SSSR count). The van der Waals surface area contributed by atoms with Gasteiger partial charge in [-0.1, -0.05) is 20.8 Å². The molecule has 0 saturated carbocycles. The van der Waals surface area contributed by atoms with E-state index in [1.54, 1.807) is 0 Å². The van der Waals surface area contributed by atoms with Gasteiger partial charge in [-0.05, 0) is 25.6 Å². The van der Waals surface area contributed by atoms with Crippen LogP contribution in [0.2, 0.25) is 0 Å². The summed E-state index contributed by atoms with van der Waals surface area (Å²) in [7, 11) is 0. The van der Waals surface area contributed by atoms with Crippen LogP contribution in [-0.2, 0) is 6.42 Å². The number of nitrogens with zero attached hydrogens (tertiary/aromatic N) is 3. The van der Waals surface area contributed by atoms with Gasteiger partial charge in [0.1, 0.15) is 11.6 Å². The molecule has 0 aliphatic heterocycles. The molecule has 0 bridgehead atoms. The van der Waals surface area contributed by atoms with Crippen LogP contribution in [0, 0.1) is 0 Å². The summed E-state index contributed by atoms with van der Waals surface area (Å²) in [4.78, 5) is 11.2. The topological polar surface area (TPSA) is 41.1 Å². The van der Waals surface area contributed by atoms with Crippen molar-refractivity contribution < 1.29 is 0 Å². The van der Waals surface area contributed by atoms with Crippen molar-refractivity contribution in [3.05, 3.63) is 18.1 Å². The maximum atomic E-state index is 4.50. The molecule has 0 atom stereocenters. The first kappa shape index (κ1) is 13.9. The summed E-state index contributed by atoms with van der Waals surface area (Å²) in [6, 6.07) is 1.93. The van der Waals surface area contributed by atoms with Crippen LogP contribution in [-0.4, -0.2) is 41.0 Å². The molecule has 1 N–H and O–H groups in total. The molecule has 96 valence electrons. The largest absolute Gasteiger partial charge is 0.370 e. The number of rotatable bonds is 8. The summed E-state index contributed by atoms with van der Waals surface area (Å²) < 4.78 is 0. The van der Waals surface area contributed by atoms with Crippen LogP contribution in [0.15, 0.2) is 12.3 Å². The Labute approximate surface area is 104 Å². The first-order chi connectivity index (χ1) is 8.30. The normalized spacial score (nSPS) is 10.8. The molecule has 0 unspecified atom stereocenters.